The summed E-state index contributed by atoms with van der Waals surface area (Å²) in [5.41, 5.74) is -0.470. The average molecular weight is 411 g/mol. The summed E-state index contributed by atoms with van der Waals surface area (Å²) in [5.74, 6) is 0.0361. The number of nitrogens with zero attached hydrogens (tertiary/aromatic N) is 3. The van der Waals surface area contributed by atoms with E-state index in [-0.39, 0.29) is 23.9 Å². The van der Waals surface area contributed by atoms with Gasteiger partial charge in [0.05, 0.1) is 0 Å². The molecule has 0 aromatic heterocycles. The van der Waals surface area contributed by atoms with Crippen LogP contribution in [0.4, 0.5) is 4.79 Å². The molecule has 0 aromatic carbocycles. The number of piperidine rings is 1. The quantitative estimate of drug-likeness (QED) is 0.676. The first-order chi connectivity index (χ1) is 13.7. The number of piperazine rings is 1. The molecule has 1 N–H and O–H groups in total. The number of hydrogen-bond donors (Lipinski definition) is 1. The van der Waals surface area contributed by atoms with Crippen molar-refractivity contribution >= 4 is 17.9 Å². The van der Waals surface area contributed by atoms with Crippen LogP contribution in [0, 0.1) is 0 Å². The van der Waals surface area contributed by atoms with E-state index in [2.05, 4.69) is 10.2 Å². The number of likely N-dealkylation sites (tertiary alicyclic amines) is 1. The fourth-order valence-electron chi connectivity index (χ4n) is 3.82. The van der Waals surface area contributed by atoms with Crippen molar-refractivity contribution in [3.05, 3.63) is 0 Å². The number of hydrogen-bond acceptors (Lipinski definition) is 5. The second-order valence-corrected chi connectivity index (χ2v) is 8.91. The van der Waals surface area contributed by atoms with Crippen molar-refractivity contribution < 1.29 is 19.1 Å². The number of amides is 3. The number of rotatable bonds is 6. The number of carbonyl (C=O) groups excluding carboxylic acids is 3. The second kappa shape index (κ2) is 10.8. The van der Waals surface area contributed by atoms with Crippen LogP contribution in [0.1, 0.15) is 59.8 Å². The molecule has 2 aliphatic heterocycles. The largest absolute Gasteiger partial charge is 0.444 e. The highest BCUT2D eigenvalue weighted by Gasteiger charge is 2.31. The molecular formula is C21H38N4O4. The van der Waals surface area contributed by atoms with Crippen molar-refractivity contribution in [1.29, 1.82) is 0 Å². The van der Waals surface area contributed by atoms with Gasteiger partial charge in [0.25, 0.3) is 0 Å². The molecule has 29 heavy (non-hydrogen) atoms. The topological polar surface area (TPSA) is 82.2 Å². The molecule has 2 heterocycles. The summed E-state index contributed by atoms with van der Waals surface area (Å²) < 4.78 is 5.42. The van der Waals surface area contributed by atoms with E-state index in [4.69, 9.17) is 4.74 Å². The van der Waals surface area contributed by atoms with Crippen LogP contribution < -0.4 is 5.32 Å². The number of carbonyl (C=O) groups is 3. The first-order valence-corrected chi connectivity index (χ1v) is 11.0. The Bertz CT molecular complexity index is 568. The molecule has 1 atom stereocenters. The SMILES string of the molecule is CCC(=O)N1CCCCC1C(=O)NCCCN1CCN(C(=O)OC(C)(C)C)CC1. The van der Waals surface area contributed by atoms with Gasteiger partial charge in [0.2, 0.25) is 11.8 Å². The summed E-state index contributed by atoms with van der Waals surface area (Å²) in [6.07, 6.45) is 3.77. The first-order valence-electron chi connectivity index (χ1n) is 11.0. The maximum Gasteiger partial charge on any atom is 0.410 e. The van der Waals surface area contributed by atoms with Gasteiger partial charge in [0.15, 0.2) is 0 Å². The van der Waals surface area contributed by atoms with Crippen molar-refractivity contribution in [1.82, 2.24) is 20.0 Å². The molecular weight excluding hydrogens is 372 g/mol. The van der Waals surface area contributed by atoms with Gasteiger partial charge >= 0.3 is 6.09 Å². The minimum absolute atomic E-state index is 0.0266. The Morgan fingerprint density at radius 3 is 2.34 bits per heavy atom. The Morgan fingerprint density at radius 2 is 1.72 bits per heavy atom. The van der Waals surface area contributed by atoms with E-state index in [1.807, 2.05) is 27.7 Å². The van der Waals surface area contributed by atoms with E-state index >= 15 is 0 Å². The Morgan fingerprint density at radius 1 is 1.03 bits per heavy atom. The van der Waals surface area contributed by atoms with E-state index < -0.39 is 5.60 Å². The third-order valence-corrected chi connectivity index (χ3v) is 5.40. The predicted molar refractivity (Wildman–Crippen MR) is 112 cm³/mol. The van der Waals surface area contributed by atoms with Gasteiger partial charge in [-0.2, -0.15) is 0 Å². The van der Waals surface area contributed by atoms with Gasteiger partial charge in [0.1, 0.15) is 11.6 Å². The molecule has 2 saturated heterocycles. The fraction of sp³-hybridized carbons (Fsp3) is 0.857. The van der Waals surface area contributed by atoms with E-state index in [0.717, 1.165) is 45.3 Å². The maximum atomic E-state index is 12.5. The van der Waals surface area contributed by atoms with Crippen LogP contribution in [0.15, 0.2) is 0 Å². The van der Waals surface area contributed by atoms with Gasteiger partial charge in [-0.05, 0) is 53.0 Å². The first kappa shape index (κ1) is 23.4. The summed E-state index contributed by atoms with van der Waals surface area (Å²) in [6, 6.07) is -0.312. The highest BCUT2D eigenvalue weighted by atomic mass is 16.6. The molecule has 0 aliphatic carbocycles. The van der Waals surface area contributed by atoms with Crippen molar-refractivity contribution in [2.45, 2.75) is 71.4 Å². The Labute approximate surface area is 174 Å². The fourth-order valence-corrected chi connectivity index (χ4v) is 3.82. The van der Waals surface area contributed by atoms with Crippen LogP contribution in [-0.4, -0.2) is 90.1 Å². The highest BCUT2D eigenvalue weighted by molar-refractivity contribution is 5.87. The zero-order valence-electron chi connectivity index (χ0n) is 18.5. The molecule has 0 spiro atoms. The maximum absolute atomic E-state index is 12.5. The monoisotopic (exact) mass is 410 g/mol. The van der Waals surface area contributed by atoms with Crippen LogP contribution in [0.25, 0.3) is 0 Å². The zero-order valence-corrected chi connectivity index (χ0v) is 18.5. The molecule has 8 heteroatoms. The Kier molecular flexibility index (Phi) is 8.74. The summed E-state index contributed by atoms with van der Waals surface area (Å²) in [7, 11) is 0. The Hall–Kier alpha value is -1.83. The van der Waals surface area contributed by atoms with Crippen LogP contribution in [0.2, 0.25) is 0 Å². The molecule has 8 nitrogen and oxygen atoms in total. The van der Waals surface area contributed by atoms with Crippen LogP contribution in [0.5, 0.6) is 0 Å². The molecule has 2 aliphatic rings. The molecule has 0 saturated carbocycles. The molecule has 2 fully saturated rings. The third-order valence-electron chi connectivity index (χ3n) is 5.40. The lowest BCUT2D eigenvalue weighted by atomic mass is 10.0. The van der Waals surface area contributed by atoms with Crippen LogP contribution in [-0.2, 0) is 14.3 Å². The van der Waals surface area contributed by atoms with Gasteiger partial charge in [-0.25, -0.2) is 4.79 Å². The van der Waals surface area contributed by atoms with Gasteiger partial charge in [-0.3, -0.25) is 14.5 Å². The number of ether oxygens (including phenoxy) is 1. The molecule has 1 unspecified atom stereocenters. The predicted octanol–water partition coefficient (Wildman–Crippen LogP) is 1.84. The van der Waals surface area contributed by atoms with Gasteiger partial charge < -0.3 is 19.9 Å². The lowest BCUT2D eigenvalue weighted by Gasteiger charge is -2.36. The molecule has 2 rings (SSSR count). The summed E-state index contributed by atoms with van der Waals surface area (Å²) in [5, 5.41) is 3.01. The van der Waals surface area contributed by atoms with Crippen LogP contribution >= 0.6 is 0 Å². The summed E-state index contributed by atoms with van der Waals surface area (Å²) >= 11 is 0. The van der Waals surface area contributed by atoms with Crippen molar-refractivity contribution in [3.8, 4) is 0 Å². The van der Waals surface area contributed by atoms with Gasteiger partial charge in [-0.15, -0.1) is 0 Å². The third kappa shape index (κ3) is 7.49. The lowest BCUT2D eigenvalue weighted by molar-refractivity contribution is -0.142. The normalized spacial score (nSPS) is 21.0. The van der Waals surface area contributed by atoms with E-state index in [0.29, 0.717) is 32.6 Å². The van der Waals surface area contributed by atoms with E-state index in [1.165, 1.54) is 0 Å². The summed E-state index contributed by atoms with van der Waals surface area (Å²) in [4.78, 5) is 42.5. The molecule has 0 radical (unpaired) electrons. The molecule has 0 bridgehead atoms. The number of nitrogens with one attached hydrogen (secondary N) is 1. The Balaban J connectivity index is 1.65. The molecule has 3 amide bonds. The lowest BCUT2D eigenvalue weighted by Crippen LogP contribution is -2.52. The second-order valence-electron chi connectivity index (χ2n) is 8.91. The van der Waals surface area contributed by atoms with Crippen molar-refractivity contribution in [2.24, 2.45) is 0 Å². The van der Waals surface area contributed by atoms with Gasteiger partial charge in [0, 0.05) is 45.7 Å². The van der Waals surface area contributed by atoms with E-state index in [1.54, 1.807) is 9.80 Å². The minimum atomic E-state index is -0.470. The zero-order chi connectivity index (χ0) is 21.4. The average Bonchev–Trinajstić information content (AvgIpc) is 2.69. The highest BCUT2D eigenvalue weighted by Crippen LogP contribution is 2.18. The van der Waals surface area contributed by atoms with Crippen LogP contribution in [0.3, 0.4) is 0 Å². The smallest absolute Gasteiger partial charge is 0.410 e. The molecule has 166 valence electrons. The minimum Gasteiger partial charge on any atom is -0.444 e. The standard InChI is InChI=1S/C21H38N4O4/c1-5-18(26)25-12-7-6-9-17(25)19(27)22-10-8-11-23-13-15-24(16-14-23)20(28)29-21(2,3)4/h17H,5-16H2,1-4H3,(H,22,27). The van der Waals surface area contributed by atoms with Crippen molar-refractivity contribution in [3.63, 3.8) is 0 Å². The molecule has 0 aromatic rings. The summed E-state index contributed by atoms with van der Waals surface area (Å²) in [6.45, 7) is 12.6. The van der Waals surface area contributed by atoms with Gasteiger partial charge in [-0.1, -0.05) is 6.92 Å². The van der Waals surface area contributed by atoms with E-state index in [9.17, 15) is 14.4 Å². The van der Waals surface area contributed by atoms with Crippen molar-refractivity contribution in [2.75, 3.05) is 45.8 Å².